The Balaban J connectivity index is 1.57. The number of anilines is 5. The van der Waals surface area contributed by atoms with Gasteiger partial charge in [0.1, 0.15) is 16.6 Å². The van der Waals surface area contributed by atoms with E-state index in [-0.39, 0.29) is 45.5 Å². The lowest BCUT2D eigenvalue weighted by Gasteiger charge is -2.26. The summed E-state index contributed by atoms with van der Waals surface area (Å²) in [4.78, 5) is 21.6. The van der Waals surface area contributed by atoms with Crippen molar-refractivity contribution in [3.8, 4) is 5.75 Å². The molecule has 0 radical (unpaired) electrons. The second-order valence-electron chi connectivity index (χ2n) is 9.94. The van der Waals surface area contributed by atoms with Crippen LogP contribution in [0.4, 0.5) is 29.0 Å². The summed E-state index contributed by atoms with van der Waals surface area (Å²) >= 11 is 6.38. The number of benzene rings is 2. The Kier molecular flexibility index (Phi) is 9.02. The predicted molar refractivity (Wildman–Crippen MR) is 157 cm³/mol. The summed E-state index contributed by atoms with van der Waals surface area (Å²) in [6.45, 7) is 3.22. The molecular formula is C27H34ClN7O4S. The fraction of sp³-hybridized carbons (Fsp3) is 0.370. The van der Waals surface area contributed by atoms with E-state index in [9.17, 15) is 13.2 Å². The average Bonchev–Trinajstić information content (AvgIpc) is 2.93. The number of rotatable bonds is 9. The number of nitrogens with zero attached hydrogens (tertiary/aromatic N) is 2. The molecule has 2 aromatic carbocycles. The maximum absolute atomic E-state index is 12.9. The fourth-order valence-electron chi connectivity index (χ4n) is 4.39. The van der Waals surface area contributed by atoms with Gasteiger partial charge in [-0.25, -0.2) is 8.42 Å². The van der Waals surface area contributed by atoms with Gasteiger partial charge in [-0.15, -0.1) is 0 Å². The van der Waals surface area contributed by atoms with Crippen LogP contribution in [0.2, 0.25) is 5.02 Å². The second-order valence-corrected chi connectivity index (χ2v) is 12.8. The molecule has 0 saturated heterocycles. The van der Waals surface area contributed by atoms with Gasteiger partial charge in [-0.3, -0.25) is 4.79 Å². The zero-order valence-electron chi connectivity index (χ0n) is 22.6. The highest BCUT2D eigenvalue weighted by Crippen LogP contribution is 2.34. The van der Waals surface area contributed by atoms with E-state index in [0.29, 0.717) is 22.7 Å². The molecule has 1 fully saturated rings. The molecule has 4 rings (SSSR count). The van der Waals surface area contributed by atoms with Crippen LogP contribution in [0, 0.1) is 0 Å². The Morgan fingerprint density at radius 2 is 1.75 bits per heavy atom. The molecule has 1 heterocycles. The van der Waals surface area contributed by atoms with E-state index in [1.807, 2.05) is 0 Å². The van der Waals surface area contributed by atoms with Gasteiger partial charge in [-0.2, -0.15) is 9.97 Å². The van der Waals surface area contributed by atoms with Crippen LogP contribution < -0.4 is 32.2 Å². The lowest BCUT2D eigenvalue weighted by Crippen LogP contribution is -2.40. The van der Waals surface area contributed by atoms with E-state index < -0.39 is 15.1 Å². The van der Waals surface area contributed by atoms with Crippen molar-refractivity contribution in [3.63, 3.8) is 0 Å². The normalized spacial score (nSPS) is 17.4. The molecule has 3 aromatic rings. The molecule has 0 spiro atoms. The SMILES string of the molecule is COc1cc(C(=O)NC2CCC(N)CC2)ccc1Nc1nc(N)c(Cl)c(Nc2ccccc2S(=O)(=O)C(C)C)n1. The number of halogens is 1. The Morgan fingerprint density at radius 1 is 1.05 bits per heavy atom. The first-order valence-corrected chi connectivity index (χ1v) is 14.9. The van der Waals surface area contributed by atoms with Gasteiger partial charge >= 0.3 is 0 Å². The highest BCUT2D eigenvalue weighted by Gasteiger charge is 2.24. The number of hydrogen-bond acceptors (Lipinski definition) is 10. The number of hydrogen-bond donors (Lipinski definition) is 5. The van der Waals surface area contributed by atoms with Crippen molar-refractivity contribution >= 4 is 56.3 Å². The number of nitrogens with one attached hydrogen (secondary N) is 3. The Labute approximate surface area is 239 Å². The van der Waals surface area contributed by atoms with E-state index in [0.717, 1.165) is 25.7 Å². The van der Waals surface area contributed by atoms with Crippen molar-refractivity contribution in [2.45, 2.75) is 61.8 Å². The van der Waals surface area contributed by atoms with Crippen LogP contribution in [-0.2, 0) is 9.84 Å². The maximum atomic E-state index is 12.9. The third-order valence-electron chi connectivity index (χ3n) is 6.76. The van der Waals surface area contributed by atoms with Crippen molar-refractivity contribution in [1.82, 2.24) is 15.3 Å². The molecule has 1 amide bonds. The number of carbonyl (C=O) groups is 1. The van der Waals surface area contributed by atoms with E-state index in [4.69, 9.17) is 27.8 Å². The molecule has 0 unspecified atom stereocenters. The van der Waals surface area contributed by atoms with Gasteiger partial charge in [0.05, 0.1) is 28.6 Å². The minimum Gasteiger partial charge on any atom is -0.495 e. The summed E-state index contributed by atoms with van der Waals surface area (Å²) in [6.07, 6.45) is 3.47. The van der Waals surface area contributed by atoms with Gasteiger partial charge in [0, 0.05) is 17.6 Å². The number of nitrogens with two attached hydrogens (primary N) is 2. The molecule has 1 aromatic heterocycles. The lowest BCUT2D eigenvalue weighted by molar-refractivity contribution is 0.0925. The van der Waals surface area contributed by atoms with Crippen LogP contribution in [0.5, 0.6) is 5.75 Å². The summed E-state index contributed by atoms with van der Waals surface area (Å²) in [5, 5.41) is 8.50. The van der Waals surface area contributed by atoms with Crippen molar-refractivity contribution in [3.05, 3.63) is 53.1 Å². The molecule has 11 nitrogen and oxygen atoms in total. The van der Waals surface area contributed by atoms with Crippen LogP contribution in [0.25, 0.3) is 0 Å². The minimum absolute atomic E-state index is 0.0203. The predicted octanol–water partition coefficient (Wildman–Crippen LogP) is 4.39. The first-order chi connectivity index (χ1) is 19.0. The fourth-order valence-corrected chi connectivity index (χ4v) is 5.72. The number of methoxy groups -OCH3 is 1. The lowest BCUT2D eigenvalue weighted by atomic mass is 9.91. The molecule has 0 atom stereocenters. The molecule has 1 saturated carbocycles. The first kappa shape index (κ1) is 29.4. The number of carbonyl (C=O) groups excluding carboxylic acids is 1. The number of ether oxygens (including phenoxy) is 1. The molecule has 40 heavy (non-hydrogen) atoms. The van der Waals surface area contributed by atoms with Gasteiger partial charge in [0.25, 0.3) is 5.91 Å². The molecular weight excluding hydrogens is 554 g/mol. The molecule has 0 bridgehead atoms. The number of aromatic nitrogens is 2. The summed E-state index contributed by atoms with van der Waals surface area (Å²) < 4.78 is 31.3. The largest absolute Gasteiger partial charge is 0.495 e. The van der Waals surface area contributed by atoms with Crippen molar-refractivity contribution in [2.24, 2.45) is 5.73 Å². The van der Waals surface area contributed by atoms with E-state index in [2.05, 4.69) is 25.9 Å². The van der Waals surface area contributed by atoms with Crippen LogP contribution in [0.1, 0.15) is 49.9 Å². The third kappa shape index (κ3) is 6.57. The monoisotopic (exact) mass is 587 g/mol. The molecule has 13 heteroatoms. The van der Waals surface area contributed by atoms with Crippen molar-refractivity contribution in [2.75, 3.05) is 23.5 Å². The van der Waals surface area contributed by atoms with Gasteiger partial charge in [0.15, 0.2) is 15.7 Å². The highest BCUT2D eigenvalue weighted by atomic mass is 35.5. The van der Waals surface area contributed by atoms with Crippen molar-refractivity contribution < 1.29 is 17.9 Å². The van der Waals surface area contributed by atoms with E-state index in [1.54, 1.807) is 50.2 Å². The molecule has 1 aliphatic carbocycles. The minimum atomic E-state index is -3.59. The average molecular weight is 588 g/mol. The summed E-state index contributed by atoms with van der Waals surface area (Å²) in [5.74, 6) is 0.373. The summed E-state index contributed by atoms with van der Waals surface area (Å²) in [6, 6.07) is 11.7. The van der Waals surface area contributed by atoms with Crippen LogP contribution >= 0.6 is 11.6 Å². The van der Waals surface area contributed by atoms with Gasteiger partial charge < -0.3 is 32.2 Å². The Morgan fingerprint density at radius 3 is 2.42 bits per heavy atom. The number of amides is 1. The Bertz CT molecular complexity index is 1490. The van der Waals surface area contributed by atoms with Gasteiger partial charge in [0.2, 0.25) is 5.95 Å². The molecule has 0 aliphatic heterocycles. The molecule has 1 aliphatic rings. The van der Waals surface area contributed by atoms with Crippen molar-refractivity contribution in [1.29, 1.82) is 0 Å². The van der Waals surface area contributed by atoms with E-state index >= 15 is 0 Å². The highest BCUT2D eigenvalue weighted by molar-refractivity contribution is 7.92. The maximum Gasteiger partial charge on any atom is 0.251 e. The second kappa shape index (κ2) is 12.3. The topological polar surface area (TPSA) is 174 Å². The summed E-state index contributed by atoms with van der Waals surface area (Å²) in [7, 11) is -2.11. The Hall–Kier alpha value is -3.61. The standard InChI is InChI=1S/C27H34ClN7O4S/c1-15(2)40(37,38)22-7-5-4-6-20(22)32-25-23(28)24(30)34-27(35-25)33-19-13-8-16(14-21(19)39-3)26(36)31-18-11-9-17(29)10-12-18/h4-8,13-15,17-18H,9-12,29H2,1-3H3,(H,31,36)(H4,30,32,33,34,35). The number of para-hydroxylation sites is 1. The zero-order valence-corrected chi connectivity index (χ0v) is 24.1. The van der Waals surface area contributed by atoms with Crippen LogP contribution in [-0.4, -0.2) is 48.7 Å². The zero-order chi connectivity index (χ0) is 29.0. The number of sulfone groups is 1. The third-order valence-corrected chi connectivity index (χ3v) is 9.34. The van der Waals surface area contributed by atoms with Crippen LogP contribution in [0.15, 0.2) is 47.4 Å². The first-order valence-electron chi connectivity index (χ1n) is 12.9. The van der Waals surface area contributed by atoms with Gasteiger partial charge in [-0.05, 0) is 69.9 Å². The molecule has 214 valence electrons. The van der Waals surface area contributed by atoms with E-state index in [1.165, 1.54) is 13.2 Å². The smallest absolute Gasteiger partial charge is 0.251 e. The number of nitrogen functional groups attached to an aromatic ring is 1. The summed E-state index contributed by atoms with van der Waals surface area (Å²) in [5.41, 5.74) is 13.3. The quantitative estimate of drug-likeness (QED) is 0.241. The molecule has 7 N–H and O–H groups in total. The van der Waals surface area contributed by atoms with Gasteiger partial charge in [-0.1, -0.05) is 23.7 Å². The van der Waals surface area contributed by atoms with Crippen LogP contribution in [0.3, 0.4) is 0 Å².